The van der Waals surface area contributed by atoms with Gasteiger partial charge in [0, 0.05) is 49.5 Å². The van der Waals surface area contributed by atoms with E-state index >= 15 is 0 Å². The Morgan fingerprint density at radius 3 is 2.37 bits per heavy atom. The molecular formula is C26H41N5O4. The van der Waals surface area contributed by atoms with Crippen LogP contribution in [0.5, 0.6) is 0 Å². The number of aliphatic hydroxyl groups is 1. The number of nitrogens with zero attached hydrogens (tertiary/aromatic N) is 3. The van der Waals surface area contributed by atoms with Gasteiger partial charge in [-0.15, -0.1) is 0 Å². The van der Waals surface area contributed by atoms with Crippen molar-refractivity contribution in [3.63, 3.8) is 0 Å². The van der Waals surface area contributed by atoms with E-state index in [1.54, 1.807) is 0 Å². The number of benzene rings is 1. The zero-order valence-electron chi connectivity index (χ0n) is 22.0. The van der Waals surface area contributed by atoms with Gasteiger partial charge in [0.05, 0.1) is 25.5 Å². The van der Waals surface area contributed by atoms with Gasteiger partial charge in [0.2, 0.25) is 0 Å². The Bertz CT molecular complexity index is 932. The maximum Gasteiger partial charge on any atom is 0.319 e. The van der Waals surface area contributed by atoms with E-state index in [-0.39, 0.29) is 12.6 Å². The largest absolute Gasteiger partial charge is 0.396 e. The molecule has 1 aromatic heterocycles. The van der Waals surface area contributed by atoms with Gasteiger partial charge in [-0.05, 0) is 38.1 Å². The lowest BCUT2D eigenvalue weighted by Crippen LogP contribution is -2.37. The summed E-state index contributed by atoms with van der Waals surface area (Å²) >= 11 is 0. The number of ether oxygens (including phenoxy) is 2. The van der Waals surface area contributed by atoms with Crippen molar-refractivity contribution in [3.8, 4) is 11.4 Å². The summed E-state index contributed by atoms with van der Waals surface area (Å²) in [5.74, 6) is 1.47. The molecule has 1 atom stereocenters. The molecule has 1 aromatic carbocycles. The lowest BCUT2D eigenvalue weighted by Gasteiger charge is -2.30. The molecule has 2 aliphatic heterocycles. The summed E-state index contributed by atoms with van der Waals surface area (Å²) in [5.41, 5.74) is 2.70. The van der Waals surface area contributed by atoms with Crippen molar-refractivity contribution in [2.24, 2.45) is 0 Å². The highest BCUT2D eigenvalue weighted by molar-refractivity contribution is 5.89. The lowest BCUT2D eigenvalue weighted by molar-refractivity contribution is -0.0410. The number of fused-ring (bicyclic) bond motifs is 1. The second-order valence-electron chi connectivity index (χ2n) is 7.85. The fourth-order valence-electron chi connectivity index (χ4n) is 3.95. The summed E-state index contributed by atoms with van der Waals surface area (Å²) in [7, 11) is 0. The molecule has 2 aromatic rings. The summed E-state index contributed by atoms with van der Waals surface area (Å²) in [4.78, 5) is 23.7. The van der Waals surface area contributed by atoms with E-state index in [9.17, 15) is 9.90 Å². The fourth-order valence-corrected chi connectivity index (χ4v) is 3.95. The third-order valence-electron chi connectivity index (χ3n) is 5.66. The van der Waals surface area contributed by atoms with Gasteiger partial charge in [0.15, 0.2) is 5.82 Å². The molecule has 1 fully saturated rings. The molecule has 4 rings (SSSR count). The number of carbonyl (C=O) groups excluding carboxylic acids is 1. The maximum atomic E-state index is 11.8. The second-order valence-corrected chi connectivity index (χ2v) is 7.85. The first-order valence-corrected chi connectivity index (χ1v) is 12.7. The number of rotatable bonds is 6. The zero-order valence-corrected chi connectivity index (χ0v) is 22.0. The highest BCUT2D eigenvalue weighted by Gasteiger charge is 2.40. The molecule has 194 valence electrons. The number of urea groups is 1. The molecule has 2 aliphatic rings. The van der Waals surface area contributed by atoms with Crippen LogP contribution in [0.1, 0.15) is 59.2 Å². The van der Waals surface area contributed by atoms with Crippen LogP contribution in [0.2, 0.25) is 0 Å². The first kappa shape index (κ1) is 28.5. The number of anilines is 2. The van der Waals surface area contributed by atoms with Crippen molar-refractivity contribution in [1.82, 2.24) is 15.3 Å². The minimum atomic E-state index is -0.650. The average molecular weight is 488 g/mol. The molecule has 0 aliphatic carbocycles. The Labute approximate surface area is 209 Å². The number of amides is 2. The molecule has 9 heteroatoms. The second kappa shape index (κ2) is 14.0. The molecule has 9 nitrogen and oxygen atoms in total. The Kier molecular flexibility index (Phi) is 11.4. The van der Waals surface area contributed by atoms with Gasteiger partial charge >= 0.3 is 6.03 Å². The van der Waals surface area contributed by atoms with Crippen LogP contribution in [0, 0.1) is 0 Å². The van der Waals surface area contributed by atoms with Crippen LogP contribution >= 0.6 is 0 Å². The number of hydrogen-bond donors (Lipinski definition) is 3. The van der Waals surface area contributed by atoms with Gasteiger partial charge in [-0.2, -0.15) is 0 Å². The third kappa shape index (κ3) is 6.90. The number of hydrogen-bond acceptors (Lipinski definition) is 7. The summed E-state index contributed by atoms with van der Waals surface area (Å²) < 4.78 is 11.6. The van der Waals surface area contributed by atoms with Gasteiger partial charge < -0.3 is 30.1 Å². The molecule has 0 saturated carbocycles. The Balaban J connectivity index is 0.00000103. The van der Waals surface area contributed by atoms with Crippen molar-refractivity contribution in [1.29, 1.82) is 0 Å². The van der Waals surface area contributed by atoms with Crippen LogP contribution in [0.25, 0.3) is 11.4 Å². The van der Waals surface area contributed by atoms with Gasteiger partial charge in [0.1, 0.15) is 11.4 Å². The van der Waals surface area contributed by atoms with Gasteiger partial charge in [0.25, 0.3) is 0 Å². The molecule has 1 unspecified atom stereocenters. The standard InChI is InChI=1S/C22H29N5O4.2C2H6/c1-3-23-21(29)24-16-6-4-15(5-7-16)19-25-18-17(14-31-22(18,2)8-11-28)20(26-19)27-9-12-30-13-10-27;2*1-2/h4-7,28H,3,8-14H2,1-2H3,(H2,23,24,29);2*1-2H3. The number of morpholine rings is 1. The zero-order chi connectivity index (χ0) is 25.8. The molecule has 0 radical (unpaired) electrons. The SMILES string of the molecule is CC.CC.CCNC(=O)Nc1ccc(-c2nc(N3CCOCC3)c3c(n2)C(C)(CCO)OC3)cc1. The fraction of sp³-hybridized carbons (Fsp3) is 0.577. The number of nitrogens with one attached hydrogen (secondary N) is 2. The third-order valence-corrected chi connectivity index (χ3v) is 5.66. The molecule has 2 amide bonds. The molecule has 3 N–H and O–H groups in total. The topological polar surface area (TPSA) is 109 Å². The van der Waals surface area contributed by atoms with Gasteiger partial charge in [-0.25, -0.2) is 14.8 Å². The van der Waals surface area contributed by atoms with Crippen LogP contribution < -0.4 is 15.5 Å². The van der Waals surface area contributed by atoms with Crippen LogP contribution in [0.4, 0.5) is 16.3 Å². The predicted octanol–water partition coefficient (Wildman–Crippen LogP) is 4.30. The minimum Gasteiger partial charge on any atom is -0.396 e. The van der Waals surface area contributed by atoms with Crippen molar-refractivity contribution in [2.45, 2.75) is 60.2 Å². The van der Waals surface area contributed by atoms with Crippen molar-refractivity contribution in [3.05, 3.63) is 35.5 Å². The summed E-state index contributed by atoms with van der Waals surface area (Å²) in [6.45, 7) is 15.7. The van der Waals surface area contributed by atoms with E-state index in [2.05, 4.69) is 15.5 Å². The Hall–Kier alpha value is -2.75. The summed E-state index contributed by atoms with van der Waals surface area (Å²) in [6, 6.07) is 7.21. The number of aliphatic hydroxyl groups excluding tert-OH is 1. The number of aromatic nitrogens is 2. The highest BCUT2D eigenvalue weighted by atomic mass is 16.5. The quantitative estimate of drug-likeness (QED) is 0.557. The van der Waals surface area contributed by atoms with Crippen molar-refractivity contribution < 1.29 is 19.4 Å². The van der Waals surface area contributed by atoms with E-state index < -0.39 is 5.60 Å². The van der Waals surface area contributed by atoms with E-state index in [4.69, 9.17) is 19.4 Å². The van der Waals surface area contributed by atoms with Gasteiger partial charge in [-0.3, -0.25) is 0 Å². The van der Waals surface area contributed by atoms with Crippen LogP contribution in [0.3, 0.4) is 0 Å². The molecular weight excluding hydrogens is 446 g/mol. The summed E-state index contributed by atoms with van der Waals surface area (Å²) in [6.07, 6.45) is 0.467. The predicted molar refractivity (Wildman–Crippen MR) is 140 cm³/mol. The van der Waals surface area contributed by atoms with Gasteiger partial charge in [-0.1, -0.05) is 27.7 Å². The summed E-state index contributed by atoms with van der Waals surface area (Å²) in [5, 5.41) is 15.1. The number of carbonyl (C=O) groups is 1. The van der Waals surface area contributed by atoms with Crippen molar-refractivity contribution in [2.75, 3.05) is 49.7 Å². The highest BCUT2D eigenvalue weighted by Crippen LogP contribution is 2.42. The molecule has 35 heavy (non-hydrogen) atoms. The van der Waals surface area contributed by atoms with Crippen LogP contribution in [-0.4, -0.2) is 60.6 Å². The first-order chi connectivity index (χ1) is 17.0. The Morgan fingerprint density at radius 1 is 1.11 bits per heavy atom. The molecule has 1 saturated heterocycles. The Morgan fingerprint density at radius 2 is 1.77 bits per heavy atom. The van der Waals surface area contributed by atoms with Crippen LogP contribution in [-0.2, 0) is 21.7 Å². The normalized spacial score (nSPS) is 18.4. The van der Waals surface area contributed by atoms with Crippen LogP contribution in [0.15, 0.2) is 24.3 Å². The maximum absolute atomic E-state index is 11.8. The monoisotopic (exact) mass is 487 g/mol. The molecule has 0 spiro atoms. The lowest BCUT2D eigenvalue weighted by atomic mass is 9.96. The van der Waals surface area contributed by atoms with Crippen molar-refractivity contribution >= 4 is 17.5 Å². The molecule has 3 heterocycles. The van der Waals surface area contributed by atoms with E-state index in [1.807, 2.05) is 65.8 Å². The average Bonchev–Trinajstić information content (AvgIpc) is 3.23. The van der Waals surface area contributed by atoms with E-state index in [0.29, 0.717) is 44.3 Å². The minimum absolute atomic E-state index is 0.0162. The molecule has 0 bridgehead atoms. The van der Waals surface area contributed by atoms with E-state index in [1.165, 1.54) is 0 Å². The smallest absolute Gasteiger partial charge is 0.319 e. The first-order valence-electron chi connectivity index (χ1n) is 12.7. The van der Waals surface area contributed by atoms with E-state index in [0.717, 1.165) is 35.7 Å².